The van der Waals surface area contributed by atoms with Gasteiger partial charge in [-0.05, 0) is 31.4 Å². The average Bonchev–Trinajstić information content (AvgIpc) is 3.02. The van der Waals surface area contributed by atoms with Crippen LogP contribution in [0.2, 0.25) is 0 Å². The number of carbonyl (C=O) groups excluding carboxylic acids is 1. The van der Waals surface area contributed by atoms with Crippen molar-refractivity contribution in [3.05, 3.63) is 40.0 Å². The summed E-state index contributed by atoms with van der Waals surface area (Å²) >= 11 is 1.55. The van der Waals surface area contributed by atoms with Crippen LogP contribution < -0.4 is 5.56 Å². The first-order chi connectivity index (χ1) is 11.0. The highest BCUT2D eigenvalue weighted by Gasteiger charge is 2.26. The largest absolute Gasteiger partial charge is 0.372 e. The monoisotopic (exact) mass is 333 g/mol. The van der Waals surface area contributed by atoms with E-state index in [4.69, 9.17) is 4.74 Å². The normalized spacial score (nSPS) is 21.4. The van der Waals surface area contributed by atoms with E-state index in [1.54, 1.807) is 22.3 Å². The number of nitrogens with zero attached hydrogens (tertiary/aromatic N) is 3. The number of carbonyl (C=O) groups is 1. The lowest BCUT2D eigenvalue weighted by molar-refractivity contribution is -0.144. The van der Waals surface area contributed by atoms with E-state index in [1.807, 2.05) is 31.4 Å². The summed E-state index contributed by atoms with van der Waals surface area (Å²) in [6.07, 6.45) is 0.00895. The van der Waals surface area contributed by atoms with Crippen LogP contribution in [0, 0.1) is 0 Å². The number of ether oxygens (including phenoxy) is 1. The van der Waals surface area contributed by atoms with E-state index < -0.39 is 0 Å². The summed E-state index contributed by atoms with van der Waals surface area (Å²) < 4.78 is 6.87. The molecule has 23 heavy (non-hydrogen) atoms. The zero-order valence-corrected chi connectivity index (χ0v) is 14.0. The fourth-order valence-electron chi connectivity index (χ4n) is 2.73. The standard InChI is InChI=1S/C16H19N3O3S/c1-11-8-18(9-12(2)22-11)16(21)10-19-15(20)6-5-13(17-19)14-4-3-7-23-14/h3-7,11-12H,8-10H2,1-2H3. The predicted octanol–water partition coefficient (Wildman–Crippen LogP) is 1.61. The zero-order valence-electron chi connectivity index (χ0n) is 13.1. The number of rotatable bonds is 3. The van der Waals surface area contributed by atoms with Gasteiger partial charge in [-0.25, -0.2) is 4.68 Å². The summed E-state index contributed by atoms with van der Waals surface area (Å²) in [4.78, 5) is 27.2. The zero-order chi connectivity index (χ0) is 16.4. The molecule has 1 amide bonds. The van der Waals surface area contributed by atoms with Gasteiger partial charge in [-0.15, -0.1) is 11.3 Å². The Bertz CT molecular complexity index is 731. The van der Waals surface area contributed by atoms with Gasteiger partial charge in [0.2, 0.25) is 5.91 Å². The van der Waals surface area contributed by atoms with Crippen LogP contribution in [0.4, 0.5) is 0 Å². The fraction of sp³-hybridized carbons (Fsp3) is 0.438. The van der Waals surface area contributed by atoms with Gasteiger partial charge in [0.05, 0.1) is 17.1 Å². The average molecular weight is 333 g/mol. The molecule has 0 bridgehead atoms. The Kier molecular flexibility index (Phi) is 4.58. The van der Waals surface area contributed by atoms with Gasteiger partial charge >= 0.3 is 0 Å². The maximum absolute atomic E-state index is 12.5. The summed E-state index contributed by atoms with van der Waals surface area (Å²) in [5.74, 6) is -0.107. The second-order valence-electron chi connectivity index (χ2n) is 5.75. The molecule has 7 heteroatoms. The molecule has 0 radical (unpaired) electrons. The molecule has 0 spiro atoms. The maximum atomic E-state index is 12.5. The molecule has 2 atom stereocenters. The van der Waals surface area contributed by atoms with Crippen molar-refractivity contribution in [2.75, 3.05) is 13.1 Å². The maximum Gasteiger partial charge on any atom is 0.267 e. The van der Waals surface area contributed by atoms with Gasteiger partial charge in [0.1, 0.15) is 12.2 Å². The lowest BCUT2D eigenvalue weighted by Crippen LogP contribution is -2.49. The first kappa shape index (κ1) is 15.9. The SMILES string of the molecule is CC1CN(C(=O)Cn2nc(-c3cccs3)ccc2=O)CC(C)O1. The van der Waals surface area contributed by atoms with Gasteiger partial charge in [-0.3, -0.25) is 9.59 Å². The molecular weight excluding hydrogens is 314 g/mol. The van der Waals surface area contributed by atoms with Crippen molar-refractivity contribution < 1.29 is 9.53 Å². The highest BCUT2D eigenvalue weighted by Crippen LogP contribution is 2.21. The van der Waals surface area contributed by atoms with Crippen molar-refractivity contribution in [2.45, 2.75) is 32.6 Å². The Morgan fingerprint density at radius 3 is 2.70 bits per heavy atom. The molecule has 6 nitrogen and oxygen atoms in total. The van der Waals surface area contributed by atoms with Gasteiger partial charge < -0.3 is 9.64 Å². The van der Waals surface area contributed by atoms with Crippen LogP contribution in [0.15, 0.2) is 34.4 Å². The molecule has 0 N–H and O–H groups in total. The molecule has 0 saturated carbocycles. The van der Waals surface area contributed by atoms with E-state index in [2.05, 4.69) is 5.10 Å². The second-order valence-corrected chi connectivity index (χ2v) is 6.70. The Morgan fingerprint density at radius 2 is 2.04 bits per heavy atom. The topological polar surface area (TPSA) is 64.4 Å². The Morgan fingerprint density at radius 1 is 1.30 bits per heavy atom. The summed E-state index contributed by atoms with van der Waals surface area (Å²) in [5.41, 5.74) is 0.434. The fourth-order valence-corrected chi connectivity index (χ4v) is 3.42. The molecule has 2 aromatic rings. The molecule has 2 aromatic heterocycles. The van der Waals surface area contributed by atoms with Gasteiger partial charge in [-0.1, -0.05) is 6.07 Å². The smallest absolute Gasteiger partial charge is 0.267 e. The number of aromatic nitrogens is 2. The van der Waals surface area contributed by atoms with E-state index in [0.29, 0.717) is 18.8 Å². The predicted molar refractivity (Wildman–Crippen MR) is 88.4 cm³/mol. The number of hydrogen-bond donors (Lipinski definition) is 0. The van der Waals surface area contributed by atoms with Crippen molar-refractivity contribution >= 4 is 17.2 Å². The van der Waals surface area contributed by atoms with E-state index in [9.17, 15) is 9.59 Å². The van der Waals surface area contributed by atoms with Crippen molar-refractivity contribution in [1.82, 2.24) is 14.7 Å². The van der Waals surface area contributed by atoms with Crippen molar-refractivity contribution in [1.29, 1.82) is 0 Å². The number of thiophene rings is 1. The molecule has 1 aliphatic heterocycles. The second kappa shape index (κ2) is 6.64. The van der Waals surface area contributed by atoms with Gasteiger partial charge in [0, 0.05) is 19.2 Å². The Balaban J connectivity index is 1.78. The van der Waals surface area contributed by atoms with E-state index in [1.165, 1.54) is 10.7 Å². The summed E-state index contributed by atoms with van der Waals surface area (Å²) in [6, 6.07) is 7.02. The third kappa shape index (κ3) is 3.68. The van der Waals surface area contributed by atoms with Crippen LogP contribution in [0.25, 0.3) is 10.6 Å². The van der Waals surface area contributed by atoms with E-state index in [-0.39, 0.29) is 30.2 Å². The third-order valence-corrected chi connectivity index (χ3v) is 4.59. The quantitative estimate of drug-likeness (QED) is 0.856. The first-order valence-electron chi connectivity index (χ1n) is 7.58. The van der Waals surface area contributed by atoms with Crippen LogP contribution in [0.1, 0.15) is 13.8 Å². The third-order valence-electron chi connectivity index (χ3n) is 3.70. The molecule has 3 heterocycles. The minimum absolute atomic E-state index is 0.00448. The molecule has 0 aromatic carbocycles. The number of morpholine rings is 1. The minimum atomic E-state index is -0.270. The molecule has 122 valence electrons. The molecule has 1 fully saturated rings. The number of hydrogen-bond acceptors (Lipinski definition) is 5. The van der Waals surface area contributed by atoms with Crippen molar-refractivity contribution in [3.8, 4) is 10.6 Å². The van der Waals surface area contributed by atoms with Crippen LogP contribution in [0.5, 0.6) is 0 Å². The summed E-state index contributed by atoms with van der Waals surface area (Å²) in [5, 5.41) is 6.28. The van der Waals surface area contributed by atoms with Gasteiger partial charge in [0.15, 0.2) is 0 Å². The van der Waals surface area contributed by atoms with Crippen LogP contribution >= 0.6 is 11.3 Å². The first-order valence-corrected chi connectivity index (χ1v) is 8.46. The van der Waals surface area contributed by atoms with E-state index >= 15 is 0 Å². The molecule has 2 unspecified atom stereocenters. The van der Waals surface area contributed by atoms with Crippen molar-refractivity contribution in [3.63, 3.8) is 0 Å². The minimum Gasteiger partial charge on any atom is -0.372 e. The van der Waals surface area contributed by atoms with Crippen LogP contribution in [0.3, 0.4) is 0 Å². The molecule has 1 aliphatic rings. The highest BCUT2D eigenvalue weighted by atomic mass is 32.1. The van der Waals surface area contributed by atoms with Crippen LogP contribution in [-0.2, 0) is 16.1 Å². The Labute approximate surface area is 138 Å². The van der Waals surface area contributed by atoms with Crippen molar-refractivity contribution in [2.24, 2.45) is 0 Å². The highest BCUT2D eigenvalue weighted by molar-refractivity contribution is 7.13. The lowest BCUT2D eigenvalue weighted by atomic mass is 10.2. The molecule has 1 saturated heterocycles. The lowest BCUT2D eigenvalue weighted by Gasteiger charge is -2.35. The van der Waals surface area contributed by atoms with Crippen LogP contribution in [-0.4, -0.2) is 45.9 Å². The molecule has 3 rings (SSSR count). The van der Waals surface area contributed by atoms with E-state index in [0.717, 1.165) is 4.88 Å². The Hall–Kier alpha value is -1.99. The molecular formula is C16H19N3O3S. The van der Waals surface area contributed by atoms with Gasteiger partial charge in [0.25, 0.3) is 5.56 Å². The molecule has 0 aliphatic carbocycles. The summed E-state index contributed by atoms with van der Waals surface area (Å²) in [6.45, 7) is 4.93. The summed E-state index contributed by atoms with van der Waals surface area (Å²) in [7, 11) is 0. The van der Waals surface area contributed by atoms with Gasteiger partial charge in [-0.2, -0.15) is 5.10 Å². The number of amides is 1.